The third kappa shape index (κ3) is 4.86. The summed E-state index contributed by atoms with van der Waals surface area (Å²) < 4.78 is 5.77. The number of nitrogens with zero attached hydrogens (tertiary/aromatic N) is 2. The number of aliphatic hydroxyl groups is 1. The van der Waals surface area contributed by atoms with Gasteiger partial charge in [0.15, 0.2) is 0 Å². The van der Waals surface area contributed by atoms with E-state index in [9.17, 15) is 0 Å². The van der Waals surface area contributed by atoms with Crippen molar-refractivity contribution in [1.29, 1.82) is 0 Å². The van der Waals surface area contributed by atoms with Crippen LogP contribution in [-0.2, 0) is 0 Å². The van der Waals surface area contributed by atoms with Gasteiger partial charge in [-0.3, -0.25) is 4.90 Å². The highest BCUT2D eigenvalue weighted by Gasteiger charge is 2.12. The number of hydrogen-bond acceptors (Lipinski definition) is 4. The summed E-state index contributed by atoms with van der Waals surface area (Å²) in [4.78, 5) is 4.77. The number of rotatable bonds is 4. The van der Waals surface area contributed by atoms with Crippen LogP contribution in [0.1, 0.15) is 5.56 Å². The molecule has 0 saturated carbocycles. The first-order chi connectivity index (χ1) is 9.78. The lowest BCUT2D eigenvalue weighted by atomic mass is 10.2. The van der Waals surface area contributed by atoms with E-state index in [1.54, 1.807) is 0 Å². The van der Waals surface area contributed by atoms with Gasteiger partial charge in [-0.25, -0.2) is 0 Å². The maximum absolute atomic E-state index is 8.69. The molecule has 108 valence electrons. The van der Waals surface area contributed by atoms with E-state index >= 15 is 0 Å². The van der Waals surface area contributed by atoms with E-state index in [-0.39, 0.29) is 6.61 Å². The Balaban J connectivity index is 1.76. The zero-order chi connectivity index (χ0) is 14.2. The molecule has 1 heterocycles. The van der Waals surface area contributed by atoms with Crippen molar-refractivity contribution in [3.63, 3.8) is 0 Å². The Morgan fingerprint density at radius 2 is 2.05 bits per heavy atom. The Morgan fingerprint density at radius 3 is 2.80 bits per heavy atom. The fourth-order valence-electron chi connectivity index (χ4n) is 2.17. The van der Waals surface area contributed by atoms with Crippen LogP contribution in [0.5, 0.6) is 5.75 Å². The summed E-state index contributed by atoms with van der Waals surface area (Å²) >= 11 is 0. The third-order valence-corrected chi connectivity index (χ3v) is 3.42. The highest BCUT2D eigenvalue weighted by molar-refractivity contribution is 5.39. The van der Waals surface area contributed by atoms with Crippen LogP contribution in [-0.4, -0.2) is 67.9 Å². The molecule has 4 heteroatoms. The third-order valence-electron chi connectivity index (χ3n) is 3.42. The summed E-state index contributed by atoms with van der Waals surface area (Å²) in [5.41, 5.74) is 0.871. The van der Waals surface area contributed by atoms with Crippen molar-refractivity contribution >= 4 is 0 Å². The fourth-order valence-corrected chi connectivity index (χ4v) is 2.17. The zero-order valence-corrected chi connectivity index (χ0v) is 12.0. The number of aliphatic hydroxyl groups excluding tert-OH is 1. The summed E-state index contributed by atoms with van der Waals surface area (Å²) in [5.74, 6) is 6.36. The summed E-state index contributed by atoms with van der Waals surface area (Å²) in [5, 5.41) is 8.69. The summed E-state index contributed by atoms with van der Waals surface area (Å²) in [6.45, 7) is 6.03. The molecule has 1 aromatic rings. The highest BCUT2D eigenvalue weighted by Crippen LogP contribution is 2.12. The quantitative estimate of drug-likeness (QED) is 0.818. The van der Waals surface area contributed by atoms with Gasteiger partial charge in [-0.05, 0) is 25.2 Å². The lowest BCUT2D eigenvalue weighted by molar-refractivity contribution is 0.134. The summed E-state index contributed by atoms with van der Waals surface area (Å²) in [7, 11) is 2.16. The molecular formula is C16H22N2O2. The minimum absolute atomic E-state index is 0.117. The molecule has 0 spiro atoms. The first-order valence-electron chi connectivity index (χ1n) is 7.01. The summed E-state index contributed by atoms with van der Waals surface area (Å²) in [6.07, 6.45) is 0. The molecule has 20 heavy (non-hydrogen) atoms. The van der Waals surface area contributed by atoms with Crippen LogP contribution in [0.3, 0.4) is 0 Å². The van der Waals surface area contributed by atoms with E-state index in [4.69, 9.17) is 9.84 Å². The Bertz CT molecular complexity index is 471. The smallest absolute Gasteiger partial charge is 0.120 e. The zero-order valence-electron chi connectivity index (χ0n) is 12.0. The molecule has 0 aromatic heterocycles. The van der Waals surface area contributed by atoms with Crippen molar-refractivity contribution in [3.05, 3.63) is 29.8 Å². The Labute approximate surface area is 121 Å². The molecule has 0 unspecified atom stereocenters. The van der Waals surface area contributed by atoms with Crippen molar-refractivity contribution in [2.75, 3.05) is 53.0 Å². The lowest BCUT2D eigenvalue weighted by Gasteiger charge is -2.32. The van der Waals surface area contributed by atoms with Gasteiger partial charge in [0.1, 0.15) is 19.0 Å². The van der Waals surface area contributed by atoms with Gasteiger partial charge in [-0.2, -0.15) is 0 Å². The molecule has 1 N–H and O–H groups in total. The molecule has 0 atom stereocenters. The van der Waals surface area contributed by atoms with E-state index in [0.717, 1.165) is 44.0 Å². The van der Waals surface area contributed by atoms with Gasteiger partial charge < -0.3 is 14.7 Å². The molecule has 0 bridgehead atoms. The van der Waals surface area contributed by atoms with Gasteiger partial charge in [-0.1, -0.05) is 17.9 Å². The first kappa shape index (κ1) is 14.9. The molecule has 4 nitrogen and oxygen atoms in total. The molecule has 1 saturated heterocycles. The second kappa shape index (κ2) is 7.91. The van der Waals surface area contributed by atoms with E-state index in [1.807, 2.05) is 24.3 Å². The average Bonchev–Trinajstić information content (AvgIpc) is 2.48. The maximum atomic E-state index is 8.69. The minimum Gasteiger partial charge on any atom is -0.492 e. The van der Waals surface area contributed by atoms with Gasteiger partial charge in [0.2, 0.25) is 0 Å². The minimum atomic E-state index is -0.117. The van der Waals surface area contributed by atoms with E-state index in [2.05, 4.69) is 28.7 Å². The molecular weight excluding hydrogens is 252 g/mol. The van der Waals surface area contributed by atoms with Gasteiger partial charge >= 0.3 is 0 Å². The van der Waals surface area contributed by atoms with Crippen LogP contribution in [0.15, 0.2) is 24.3 Å². The van der Waals surface area contributed by atoms with Crippen LogP contribution in [0.2, 0.25) is 0 Å². The molecule has 1 aliphatic rings. The Morgan fingerprint density at radius 1 is 1.25 bits per heavy atom. The monoisotopic (exact) mass is 274 g/mol. The molecule has 1 aliphatic heterocycles. The molecule has 0 radical (unpaired) electrons. The van der Waals surface area contributed by atoms with Gasteiger partial charge in [0.05, 0.1) is 0 Å². The topological polar surface area (TPSA) is 35.9 Å². The first-order valence-corrected chi connectivity index (χ1v) is 7.01. The number of hydrogen-bond donors (Lipinski definition) is 1. The second-order valence-corrected chi connectivity index (χ2v) is 4.98. The van der Waals surface area contributed by atoms with Crippen molar-refractivity contribution in [3.8, 4) is 17.6 Å². The second-order valence-electron chi connectivity index (χ2n) is 4.98. The molecule has 1 aromatic carbocycles. The number of benzene rings is 1. The largest absolute Gasteiger partial charge is 0.492 e. The standard InChI is InChI=1S/C16H22N2O2/c1-17-7-9-18(10-8-17)11-13-20-16-6-2-4-15(14-16)5-3-12-19/h2,4,6,14,19H,7-13H2,1H3. The maximum Gasteiger partial charge on any atom is 0.120 e. The predicted molar refractivity (Wildman–Crippen MR) is 79.8 cm³/mol. The van der Waals surface area contributed by atoms with Gasteiger partial charge in [0.25, 0.3) is 0 Å². The van der Waals surface area contributed by atoms with Crippen LogP contribution >= 0.6 is 0 Å². The summed E-state index contributed by atoms with van der Waals surface area (Å²) in [6, 6.07) is 7.68. The van der Waals surface area contributed by atoms with Crippen LogP contribution in [0.4, 0.5) is 0 Å². The average molecular weight is 274 g/mol. The van der Waals surface area contributed by atoms with Crippen LogP contribution < -0.4 is 4.74 Å². The van der Waals surface area contributed by atoms with Crippen molar-refractivity contribution in [1.82, 2.24) is 9.80 Å². The van der Waals surface area contributed by atoms with Crippen LogP contribution in [0.25, 0.3) is 0 Å². The fraction of sp³-hybridized carbons (Fsp3) is 0.500. The number of likely N-dealkylation sites (N-methyl/N-ethyl adjacent to an activating group) is 1. The normalized spacial score (nSPS) is 16.5. The van der Waals surface area contributed by atoms with Gasteiger partial charge in [-0.15, -0.1) is 0 Å². The van der Waals surface area contributed by atoms with Crippen molar-refractivity contribution in [2.24, 2.45) is 0 Å². The lowest BCUT2D eigenvalue weighted by Crippen LogP contribution is -2.45. The highest BCUT2D eigenvalue weighted by atomic mass is 16.5. The predicted octanol–water partition coefficient (Wildman–Crippen LogP) is 0.657. The number of ether oxygens (including phenoxy) is 1. The molecule has 2 rings (SSSR count). The van der Waals surface area contributed by atoms with Gasteiger partial charge in [0, 0.05) is 38.3 Å². The molecule has 0 amide bonds. The van der Waals surface area contributed by atoms with E-state index in [1.165, 1.54) is 0 Å². The van der Waals surface area contributed by atoms with E-state index in [0.29, 0.717) is 6.61 Å². The Hall–Kier alpha value is -1.54. The molecule has 0 aliphatic carbocycles. The van der Waals surface area contributed by atoms with Crippen molar-refractivity contribution < 1.29 is 9.84 Å². The molecule has 1 fully saturated rings. The van der Waals surface area contributed by atoms with Crippen LogP contribution in [0, 0.1) is 11.8 Å². The number of piperazine rings is 1. The van der Waals surface area contributed by atoms with Crippen molar-refractivity contribution in [2.45, 2.75) is 0 Å². The van der Waals surface area contributed by atoms with E-state index < -0.39 is 0 Å². The SMILES string of the molecule is CN1CCN(CCOc2cccc(C#CCO)c2)CC1. The Kier molecular flexibility index (Phi) is 5.87.